The number of benzene rings is 1. The molecular weight excluding hydrogens is 315 g/mol. The Morgan fingerprint density at radius 3 is 2.70 bits per heavy atom. The molecule has 5 heteroatoms. The minimum absolute atomic E-state index is 0.0440. The van der Waals surface area contributed by atoms with Crippen molar-refractivity contribution in [1.29, 1.82) is 0 Å². The van der Waals surface area contributed by atoms with Crippen molar-refractivity contribution in [2.24, 2.45) is 5.92 Å². The van der Waals surface area contributed by atoms with Gasteiger partial charge in [0.15, 0.2) is 0 Å². The molecule has 2 aliphatic rings. The van der Waals surface area contributed by atoms with E-state index in [1.54, 1.807) is 6.07 Å². The van der Waals surface area contributed by atoms with Gasteiger partial charge in [-0.1, -0.05) is 23.7 Å². The Hall–Kier alpha value is -1.13. The van der Waals surface area contributed by atoms with Gasteiger partial charge in [-0.3, -0.25) is 9.69 Å². The van der Waals surface area contributed by atoms with Gasteiger partial charge in [0.25, 0.3) is 0 Å². The number of carbonyl (C=O) groups is 1. The highest BCUT2D eigenvalue weighted by Crippen LogP contribution is 2.49. The van der Waals surface area contributed by atoms with Crippen LogP contribution in [0, 0.1) is 5.92 Å². The maximum Gasteiger partial charge on any atom is 0.223 e. The van der Waals surface area contributed by atoms with E-state index in [1.807, 2.05) is 19.1 Å². The number of amides is 1. The number of alkyl halides is 1. The normalized spacial score (nSPS) is 27.7. The average molecular weight is 339 g/mol. The van der Waals surface area contributed by atoms with E-state index in [2.05, 4.69) is 10.2 Å². The van der Waals surface area contributed by atoms with E-state index in [0.717, 1.165) is 25.2 Å². The fourth-order valence-corrected chi connectivity index (χ4v) is 3.84. The van der Waals surface area contributed by atoms with E-state index in [9.17, 15) is 9.18 Å². The minimum Gasteiger partial charge on any atom is -0.356 e. The lowest BCUT2D eigenvalue weighted by Crippen LogP contribution is -2.45. The zero-order valence-electron chi connectivity index (χ0n) is 13.6. The van der Waals surface area contributed by atoms with Gasteiger partial charge in [0.05, 0.1) is 0 Å². The predicted molar refractivity (Wildman–Crippen MR) is 90.2 cm³/mol. The second-order valence-corrected chi connectivity index (χ2v) is 7.16. The summed E-state index contributed by atoms with van der Waals surface area (Å²) in [7, 11) is 0. The van der Waals surface area contributed by atoms with Crippen LogP contribution in [0.5, 0.6) is 0 Å². The van der Waals surface area contributed by atoms with Gasteiger partial charge in [-0.05, 0) is 62.9 Å². The summed E-state index contributed by atoms with van der Waals surface area (Å²) in [5, 5.41) is 3.39. The molecule has 3 rings (SSSR count). The van der Waals surface area contributed by atoms with E-state index >= 15 is 0 Å². The summed E-state index contributed by atoms with van der Waals surface area (Å²) in [6.45, 7) is 5.52. The Morgan fingerprint density at radius 1 is 1.39 bits per heavy atom. The highest BCUT2D eigenvalue weighted by Gasteiger charge is 2.49. The van der Waals surface area contributed by atoms with Crippen LogP contribution in [-0.4, -0.2) is 30.4 Å². The highest BCUT2D eigenvalue weighted by atomic mass is 35.5. The molecule has 0 atom stereocenters. The summed E-state index contributed by atoms with van der Waals surface area (Å²) in [6.07, 6.45) is 2.98. The molecule has 1 aliphatic heterocycles. The average Bonchev–Trinajstić information content (AvgIpc) is 2.99. The maximum atomic E-state index is 15.0. The molecule has 126 valence electrons. The zero-order chi connectivity index (χ0) is 16.4. The molecule has 1 amide bonds. The van der Waals surface area contributed by atoms with Crippen molar-refractivity contribution in [2.75, 3.05) is 19.6 Å². The summed E-state index contributed by atoms with van der Waals surface area (Å²) in [6, 6.07) is 5.53. The van der Waals surface area contributed by atoms with Crippen LogP contribution in [0.3, 0.4) is 0 Å². The number of likely N-dealkylation sites (tertiary alicyclic amines) is 1. The number of hydrogen-bond donors (Lipinski definition) is 1. The molecule has 0 unspecified atom stereocenters. The first-order valence-corrected chi connectivity index (χ1v) is 8.87. The van der Waals surface area contributed by atoms with Crippen molar-refractivity contribution in [3.05, 3.63) is 34.3 Å². The molecule has 2 fully saturated rings. The van der Waals surface area contributed by atoms with Crippen molar-refractivity contribution >= 4 is 17.5 Å². The Bertz CT molecular complexity index is 580. The fourth-order valence-electron chi connectivity index (χ4n) is 3.60. The molecule has 1 saturated carbocycles. The van der Waals surface area contributed by atoms with Crippen molar-refractivity contribution in [2.45, 2.75) is 44.8 Å². The molecular formula is C18H24ClFN2O. The standard InChI is InChI=1S/C18H24ClFN2O/c1-2-21-17(23)14-10-18(20,11-14)15-6-5-13(16(19)9-15)12-22-7-3-4-8-22/h5-6,9,14H,2-4,7-8,10-12H2,1H3,(H,21,23)/t14-,18+. The summed E-state index contributed by atoms with van der Waals surface area (Å²) < 4.78 is 15.0. The lowest BCUT2D eigenvalue weighted by atomic mass is 9.68. The van der Waals surface area contributed by atoms with Crippen molar-refractivity contribution in [3.8, 4) is 0 Å². The number of nitrogens with one attached hydrogen (secondary N) is 1. The molecule has 0 bridgehead atoms. The number of carbonyl (C=O) groups excluding carboxylic acids is 1. The molecule has 0 radical (unpaired) electrons. The molecule has 23 heavy (non-hydrogen) atoms. The van der Waals surface area contributed by atoms with E-state index in [-0.39, 0.29) is 24.7 Å². The second-order valence-electron chi connectivity index (χ2n) is 6.75. The van der Waals surface area contributed by atoms with Gasteiger partial charge >= 0.3 is 0 Å². The Morgan fingerprint density at radius 2 is 2.09 bits per heavy atom. The van der Waals surface area contributed by atoms with Crippen LogP contribution in [0.25, 0.3) is 0 Å². The third-order valence-electron chi connectivity index (χ3n) is 5.02. The van der Waals surface area contributed by atoms with Crippen LogP contribution in [0.4, 0.5) is 4.39 Å². The molecule has 1 saturated heterocycles. The molecule has 1 aromatic carbocycles. The van der Waals surface area contributed by atoms with Crippen LogP contribution in [0.2, 0.25) is 5.02 Å². The molecule has 0 aromatic heterocycles. The van der Waals surface area contributed by atoms with E-state index in [4.69, 9.17) is 11.6 Å². The minimum atomic E-state index is -1.41. The monoisotopic (exact) mass is 338 g/mol. The van der Waals surface area contributed by atoms with Gasteiger partial charge in [-0.15, -0.1) is 0 Å². The summed E-state index contributed by atoms with van der Waals surface area (Å²) in [5.41, 5.74) is 0.250. The zero-order valence-corrected chi connectivity index (χ0v) is 14.3. The Kier molecular flexibility index (Phi) is 4.93. The van der Waals surface area contributed by atoms with Crippen LogP contribution in [0.1, 0.15) is 43.7 Å². The quantitative estimate of drug-likeness (QED) is 0.888. The van der Waals surface area contributed by atoms with Gasteiger partial charge in [0.1, 0.15) is 5.67 Å². The smallest absolute Gasteiger partial charge is 0.223 e. The summed E-state index contributed by atoms with van der Waals surface area (Å²) >= 11 is 6.37. The first-order chi connectivity index (χ1) is 11.0. The largest absolute Gasteiger partial charge is 0.356 e. The van der Waals surface area contributed by atoms with Gasteiger partial charge < -0.3 is 5.32 Å². The van der Waals surface area contributed by atoms with Gasteiger partial charge in [0, 0.05) is 24.0 Å². The molecule has 1 aromatic rings. The van der Waals surface area contributed by atoms with Gasteiger partial charge in [-0.2, -0.15) is 0 Å². The third-order valence-corrected chi connectivity index (χ3v) is 5.38. The topological polar surface area (TPSA) is 32.3 Å². The fraction of sp³-hybridized carbons (Fsp3) is 0.611. The Labute approximate surface area is 142 Å². The molecule has 3 nitrogen and oxygen atoms in total. The first kappa shape index (κ1) is 16.7. The number of halogens is 2. The van der Waals surface area contributed by atoms with Gasteiger partial charge in [0.2, 0.25) is 5.91 Å². The van der Waals surface area contributed by atoms with Crippen molar-refractivity contribution < 1.29 is 9.18 Å². The number of hydrogen-bond acceptors (Lipinski definition) is 2. The Balaban J connectivity index is 1.65. The summed E-state index contributed by atoms with van der Waals surface area (Å²) in [4.78, 5) is 14.1. The second kappa shape index (κ2) is 6.78. The SMILES string of the molecule is CCNC(=O)[C@H]1C[C@](F)(c2ccc(CN3CCCC3)c(Cl)c2)C1. The third kappa shape index (κ3) is 3.53. The van der Waals surface area contributed by atoms with Crippen LogP contribution < -0.4 is 5.32 Å². The van der Waals surface area contributed by atoms with Crippen LogP contribution in [0.15, 0.2) is 18.2 Å². The highest BCUT2D eigenvalue weighted by molar-refractivity contribution is 6.31. The van der Waals surface area contributed by atoms with Crippen molar-refractivity contribution in [1.82, 2.24) is 10.2 Å². The predicted octanol–water partition coefficient (Wildman–Crippen LogP) is 3.65. The molecule has 1 aliphatic carbocycles. The van der Waals surface area contributed by atoms with Crippen LogP contribution >= 0.6 is 11.6 Å². The number of rotatable bonds is 5. The molecule has 1 heterocycles. The maximum absolute atomic E-state index is 15.0. The lowest BCUT2D eigenvalue weighted by Gasteiger charge is -2.41. The van der Waals surface area contributed by atoms with E-state index in [0.29, 0.717) is 17.1 Å². The molecule has 0 spiro atoms. The van der Waals surface area contributed by atoms with E-state index in [1.165, 1.54) is 12.8 Å². The first-order valence-electron chi connectivity index (χ1n) is 8.50. The van der Waals surface area contributed by atoms with Gasteiger partial charge in [-0.25, -0.2) is 4.39 Å². The molecule has 1 N–H and O–H groups in total. The lowest BCUT2D eigenvalue weighted by molar-refractivity contribution is -0.134. The summed E-state index contributed by atoms with van der Waals surface area (Å²) in [5.74, 6) is -0.263. The number of nitrogens with zero attached hydrogens (tertiary/aromatic N) is 1. The van der Waals surface area contributed by atoms with Crippen molar-refractivity contribution in [3.63, 3.8) is 0 Å². The van der Waals surface area contributed by atoms with Crippen LogP contribution in [-0.2, 0) is 17.0 Å². The van der Waals surface area contributed by atoms with E-state index < -0.39 is 5.67 Å².